The molecule has 0 amide bonds. The quantitative estimate of drug-likeness (QED) is 0.693. The molecule has 10 heteroatoms. The molecule has 2 atom stereocenters. The first-order chi connectivity index (χ1) is 14.4. The first-order valence-corrected chi connectivity index (χ1v) is 11.1. The molecule has 3 aliphatic heterocycles. The molecule has 2 aromatic heterocycles. The largest absolute Gasteiger partial charge is 0.394 e. The normalized spacial score (nSPS) is 25.7. The maximum atomic E-state index is 9.75. The molecule has 164 valence electrons. The van der Waals surface area contributed by atoms with Crippen molar-refractivity contribution < 1.29 is 9.84 Å². The van der Waals surface area contributed by atoms with Gasteiger partial charge in [0.1, 0.15) is 5.82 Å². The number of hydrogen-bond acceptors (Lipinski definition) is 8. The van der Waals surface area contributed by atoms with Gasteiger partial charge in [-0.15, -0.1) is 0 Å². The summed E-state index contributed by atoms with van der Waals surface area (Å²) in [6, 6.07) is 0.985. The first kappa shape index (κ1) is 20.4. The zero-order valence-electron chi connectivity index (χ0n) is 17.9. The Labute approximate surface area is 181 Å². The van der Waals surface area contributed by atoms with Gasteiger partial charge in [-0.25, -0.2) is 4.98 Å². The molecule has 9 nitrogen and oxygen atoms in total. The first-order valence-electron chi connectivity index (χ1n) is 10.7. The highest BCUT2D eigenvalue weighted by molar-refractivity contribution is 6.28. The number of aryl methyl sites for hydroxylation is 1. The van der Waals surface area contributed by atoms with Gasteiger partial charge < -0.3 is 19.3 Å². The molecule has 0 aromatic carbocycles. The van der Waals surface area contributed by atoms with Crippen LogP contribution in [0.5, 0.6) is 0 Å². The van der Waals surface area contributed by atoms with Gasteiger partial charge in [0.2, 0.25) is 5.28 Å². The molecule has 0 saturated carbocycles. The fourth-order valence-corrected chi connectivity index (χ4v) is 5.32. The van der Waals surface area contributed by atoms with Crippen LogP contribution in [0.2, 0.25) is 5.28 Å². The topological polar surface area (TPSA) is 82.8 Å². The highest BCUT2D eigenvalue weighted by Crippen LogP contribution is 2.36. The van der Waals surface area contributed by atoms with Gasteiger partial charge in [-0.2, -0.15) is 9.97 Å². The van der Waals surface area contributed by atoms with Crippen molar-refractivity contribution in [1.82, 2.24) is 29.3 Å². The standard InChI is InChI=1S/C20H30ClN7O2/c1-20(2,12-29)28-10-13-8-14(28)9-27(13)11-15-22-16-17(25(15)3)23-19(21)24-18(16)26-4-6-30-7-5-26/h13-14,29H,4-12H2,1-3H3/t13-,14-/m1/s1. The van der Waals surface area contributed by atoms with Crippen molar-refractivity contribution in [2.45, 2.75) is 44.4 Å². The molecule has 2 bridgehead atoms. The second-order valence-electron chi connectivity index (χ2n) is 9.27. The second kappa shape index (κ2) is 7.56. The van der Waals surface area contributed by atoms with Gasteiger partial charge in [0.15, 0.2) is 17.0 Å². The molecule has 3 aliphatic rings. The van der Waals surface area contributed by atoms with E-state index in [1.54, 1.807) is 0 Å². The van der Waals surface area contributed by atoms with E-state index in [1.165, 1.54) is 0 Å². The Morgan fingerprint density at radius 2 is 1.90 bits per heavy atom. The molecule has 3 fully saturated rings. The van der Waals surface area contributed by atoms with Gasteiger partial charge in [-0.1, -0.05) is 0 Å². The van der Waals surface area contributed by atoms with Gasteiger partial charge in [0, 0.05) is 50.8 Å². The maximum absolute atomic E-state index is 9.75. The van der Waals surface area contributed by atoms with E-state index in [0.29, 0.717) is 25.3 Å². The highest BCUT2D eigenvalue weighted by Gasteiger charge is 2.48. The lowest BCUT2D eigenvalue weighted by molar-refractivity contribution is 0.00964. The summed E-state index contributed by atoms with van der Waals surface area (Å²) in [5, 5.41) is 10.0. The van der Waals surface area contributed by atoms with Gasteiger partial charge >= 0.3 is 0 Å². The average Bonchev–Trinajstić information content (AvgIpc) is 3.43. The zero-order valence-corrected chi connectivity index (χ0v) is 18.6. The summed E-state index contributed by atoms with van der Waals surface area (Å²) in [5.74, 6) is 1.78. The maximum Gasteiger partial charge on any atom is 0.226 e. The summed E-state index contributed by atoms with van der Waals surface area (Å²) in [6.07, 6.45) is 1.15. The molecular formula is C20H30ClN7O2. The Morgan fingerprint density at radius 1 is 1.13 bits per heavy atom. The van der Waals surface area contributed by atoms with E-state index >= 15 is 0 Å². The van der Waals surface area contributed by atoms with Crippen LogP contribution in [-0.2, 0) is 18.3 Å². The van der Waals surface area contributed by atoms with Crippen LogP contribution in [0.4, 0.5) is 5.82 Å². The average molecular weight is 436 g/mol. The summed E-state index contributed by atoms with van der Waals surface area (Å²) >= 11 is 6.26. The van der Waals surface area contributed by atoms with Crippen molar-refractivity contribution in [3.05, 3.63) is 11.1 Å². The number of rotatable bonds is 5. The Hall–Kier alpha value is -1.52. The number of morpholine rings is 1. The Morgan fingerprint density at radius 3 is 2.57 bits per heavy atom. The predicted molar refractivity (Wildman–Crippen MR) is 115 cm³/mol. The third-order valence-electron chi connectivity index (χ3n) is 6.94. The minimum Gasteiger partial charge on any atom is -0.394 e. The lowest BCUT2D eigenvalue weighted by Gasteiger charge is -2.42. The molecule has 0 radical (unpaired) electrons. The Kier molecular flexibility index (Phi) is 5.14. The third-order valence-corrected chi connectivity index (χ3v) is 7.11. The van der Waals surface area contributed by atoms with E-state index < -0.39 is 0 Å². The van der Waals surface area contributed by atoms with Gasteiger partial charge in [-0.3, -0.25) is 9.80 Å². The van der Waals surface area contributed by atoms with Crippen LogP contribution in [0.1, 0.15) is 26.1 Å². The summed E-state index contributed by atoms with van der Waals surface area (Å²) in [5.41, 5.74) is 1.42. The lowest BCUT2D eigenvalue weighted by atomic mass is 10.0. The molecular weight excluding hydrogens is 406 g/mol. The SMILES string of the molecule is Cn1c(CN2C[C@H]3C[C@@H]2CN3C(C)(C)CO)nc2c(N3CCOCC3)nc(Cl)nc21. The number of hydrogen-bond donors (Lipinski definition) is 1. The number of aliphatic hydroxyl groups is 1. The van der Waals surface area contributed by atoms with Crippen LogP contribution in [-0.4, -0.2) is 98.0 Å². The van der Waals surface area contributed by atoms with Crippen molar-refractivity contribution in [1.29, 1.82) is 0 Å². The number of nitrogens with zero attached hydrogens (tertiary/aromatic N) is 7. The lowest BCUT2D eigenvalue weighted by Crippen LogP contribution is -2.56. The van der Waals surface area contributed by atoms with Gasteiger partial charge in [0.25, 0.3) is 0 Å². The van der Waals surface area contributed by atoms with Crippen molar-refractivity contribution >= 4 is 28.6 Å². The van der Waals surface area contributed by atoms with Gasteiger partial charge in [0.05, 0.1) is 26.4 Å². The van der Waals surface area contributed by atoms with E-state index in [2.05, 4.69) is 38.5 Å². The fraction of sp³-hybridized carbons (Fsp3) is 0.750. The van der Waals surface area contributed by atoms with Crippen LogP contribution in [0.15, 0.2) is 0 Å². The van der Waals surface area contributed by atoms with Crippen molar-refractivity contribution in [2.75, 3.05) is 50.9 Å². The number of aliphatic hydroxyl groups excluding tert-OH is 1. The van der Waals surface area contributed by atoms with E-state index in [4.69, 9.17) is 21.3 Å². The second-order valence-corrected chi connectivity index (χ2v) is 9.61. The molecule has 0 spiro atoms. The molecule has 3 saturated heterocycles. The Balaban J connectivity index is 1.39. The number of fused-ring (bicyclic) bond motifs is 3. The number of aromatic nitrogens is 4. The molecule has 30 heavy (non-hydrogen) atoms. The van der Waals surface area contributed by atoms with Crippen LogP contribution < -0.4 is 4.90 Å². The molecule has 5 rings (SSSR count). The van der Waals surface area contributed by atoms with Crippen LogP contribution in [0.25, 0.3) is 11.2 Å². The summed E-state index contributed by atoms with van der Waals surface area (Å²) in [6.45, 7) is 10.1. The highest BCUT2D eigenvalue weighted by atomic mass is 35.5. The van der Waals surface area contributed by atoms with E-state index in [-0.39, 0.29) is 17.4 Å². The fourth-order valence-electron chi connectivity index (χ4n) is 5.16. The third kappa shape index (κ3) is 3.36. The number of anilines is 1. The Bertz CT molecular complexity index is 943. The molecule has 2 aromatic rings. The number of likely N-dealkylation sites (tertiary alicyclic amines) is 2. The molecule has 0 aliphatic carbocycles. The monoisotopic (exact) mass is 435 g/mol. The minimum atomic E-state index is -0.164. The van der Waals surface area contributed by atoms with Crippen LogP contribution in [0, 0.1) is 0 Å². The van der Waals surface area contributed by atoms with E-state index in [1.807, 2.05) is 11.6 Å². The van der Waals surface area contributed by atoms with E-state index in [9.17, 15) is 5.11 Å². The van der Waals surface area contributed by atoms with Crippen LogP contribution in [0.3, 0.4) is 0 Å². The number of ether oxygens (including phenoxy) is 1. The smallest absolute Gasteiger partial charge is 0.226 e. The number of halogens is 1. The van der Waals surface area contributed by atoms with Crippen molar-refractivity contribution in [2.24, 2.45) is 7.05 Å². The molecule has 1 N–H and O–H groups in total. The van der Waals surface area contributed by atoms with Gasteiger partial charge in [-0.05, 0) is 31.9 Å². The van der Waals surface area contributed by atoms with E-state index in [0.717, 1.165) is 62.0 Å². The predicted octanol–water partition coefficient (Wildman–Crippen LogP) is 0.883. The number of piperazine rings is 1. The number of imidazole rings is 1. The minimum absolute atomic E-state index is 0.164. The zero-order chi connectivity index (χ0) is 21.0. The summed E-state index contributed by atoms with van der Waals surface area (Å²) in [7, 11) is 2.01. The summed E-state index contributed by atoms with van der Waals surface area (Å²) < 4.78 is 7.53. The molecule has 5 heterocycles. The summed E-state index contributed by atoms with van der Waals surface area (Å²) in [4.78, 5) is 21.1. The molecule has 0 unspecified atom stereocenters. The van der Waals surface area contributed by atoms with Crippen LogP contribution >= 0.6 is 11.6 Å². The van der Waals surface area contributed by atoms with Crippen molar-refractivity contribution in [3.8, 4) is 0 Å². The van der Waals surface area contributed by atoms with Crippen molar-refractivity contribution in [3.63, 3.8) is 0 Å².